The van der Waals surface area contributed by atoms with E-state index in [4.69, 9.17) is 0 Å². The number of ether oxygens (including phenoxy) is 1. The first-order valence-electron chi connectivity index (χ1n) is 3.62. The molecule has 0 saturated heterocycles. The van der Waals surface area contributed by atoms with Crippen molar-refractivity contribution in [2.24, 2.45) is 0 Å². The molecule has 0 aliphatic heterocycles. The van der Waals surface area contributed by atoms with Crippen molar-refractivity contribution in [1.82, 2.24) is 0 Å². The smallest absolute Gasteiger partial charge is 0.380 e. The quantitative estimate of drug-likeness (QED) is 0.477. The topological polar surface area (TPSA) is 43.4 Å². The van der Waals surface area contributed by atoms with Crippen LogP contribution in [0.5, 0.6) is 0 Å². The summed E-state index contributed by atoms with van der Waals surface area (Å²) in [6, 6.07) is 3.31. The summed E-state index contributed by atoms with van der Waals surface area (Å²) in [4.78, 5) is 22.6. The third kappa shape index (κ3) is 2.63. The van der Waals surface area contributed by atoms with E-state index in [0.717, 1.165) is 3.79 Å². The number of Topliss-reactive ketones (excluding diaryl/α,β-unsaturated/α-hetero) is 1. The van der Waals surface area contributed by atoms with Crippen molar-refractivity contribution in [1.29, 1.82) is 0 Å². The summed E-state index contributed by atoms with van der Waals surface area (Å²) in [6.45, 7) is 1.88. The Hall–Kier alpha value is -0.680. The first-order chi connectivity index (χ1) is 6.15. The van der Waals surface area contributed by atoms with Crippen molar-refractivity contribution in [3.05, 3.63) is 20.8 Å². The van der Waals surface area contributed by atoms with Crippen molar-refractivity contribution in [3.63, 3.8) is 0 Å². The Balaban J connectivity index is 2.73. The molecule has 0 unspecified atom stereocenters. The summed E-state index contributed by atoms with van der Waals surface area (Å²) < 4.78 is 5.39. The molecule has 3 nitrogen and oxygen atoms in total. The number of halogens is 1. The van der Waals surface area contributed by atoms with Gasteiger partial charge in [-0.05, 0) is 35.0 Å². The van der Waals surface area contributed by atoms with Crippen LogP contribution in [0.15, 0.2) is 15.9 Å². The maximum atomic E-state index is 11.3. The molecule has 13 heavy (non-hydrogen) atoms. The zero-order valence-electron chi connectivity index (χ0n) is 6.87. The Labute approximate surface area is 87.8 Å². The largest absolute Gasteiger partial charge is 0.460 e. The van der Waals surface area contributed by atoms with Crippen molar-refractivity contribution in [2.75, 3.05) is 6.61 Å². The lowest BCUT2D eigenvalue weighted by molar-refractivity contribution is -0.137. The van der Waals surface area contributed by atoms with Crippen molar-refractivity contribution >= 4 is 39.0 Å². The fraction of sp³-hybridized carbons (Fsp3) is 0.250. The molecule has 0 amide bonds. The lowest BCUT2D eigenvalue weighted by atomic mass is 10.3. The van der Waals surface area contributed by atoms with Gasteiger partial charge in [-0.2, -0.15) is 0 Å². The minimum absolute atomic E-state index is 0.219. The fourth-order valence-corrected chi connectivity index (χ4v) is 2.05. The third-order valence-electron chi connectivity index (χ3n) is 1.26. The van der Waals surface area contributed by atoms with E-state index in [1.807, 2.05) is 0 Å². The van der Waals surface area contributed by atoms with Crippen LogP contribution in [-0.4, -0.2) is 18.4 Å². The van der Waals surface area contributed by atoms with Crippen LogP contribution in [0.1, 0.15) is 16.6 Å². The molecule has 0 bridgehead atoms. The molecule has 1 rings (SSSR count). The molecular formula is C8H7BrO3S. The predicted molar refractivity (Wildman–Crippen MR) is 53.0 cm³/mol. The van der Waals surface area contributed by atoms with Gasteiger partial charge in [-0.15, -0.1) is 11.3 Å². The van der Waals surface area contributed by atoms with E-state index in [0.29, 0.717) is 4.88 Å². The highest BCUT2D eigenvalue weighted by Gasteiger charge is 2.18. The van der Waals surface area contributed by atoms with Crippen LogP contribution in [0.4, 0.5) is 0 Å². The van der Waals surface area contributed by atoms with Crippen LogP contribution in [0.2, 0.25) is 0 Å². The summed E-state index contributed by atoms with van der Waals surface area (Å²) in [5.74, 6) is -1.38. The molecule has 1 heterocycles. The molecule has 0 N–H and O–H groups in total. The number of hydrogen-bond acceptors (Lipinski definition) is 4. The summed E-state index contributed by atoms with van der Waals surface area (Å²) in [5, 5.41) is 0. The highest BCUT2D eigenvalue weighted by Crippen LogP contribution is 2.22. The number of carbonyl (C=O) groups is 2. The normalized spacial score (nSPS) is 9.69. The van der Waals surface area contributed by atoms with Crippen LogP contribution in [0.25, 0.3) is 0 Å². The summed E-state index contributed by atoms with van der Waals surface area (Å²) >= 11 is 4.42. The van der Waals surface area contributed by atoms with Gasteiger partial charge in [-0.1, -0.05) is 0 Å². The molecule has 5 heteroatoms. The summed E-state index contributed by atoms with van der Waals surface area (Å²) in [7, 11) is 0. The molecule has 1 aromatic heterocycles. The highest BCUT2D eigenvalue weighted by atomic mass is 79.9. The predicted octanol–water partition coefficient (Wildman–Crippen LogP) is 2.26. The number of carbonyl (C=O) groups excluding carboxylic acids is 2. The average Bonchev–Trinajstić information content (AvgIpc) is 2.51. The van der Waals surface area contributed by atoms with E-state index in [1.165, 1.54) is 11.3 Å². The Bertz CT molecular complexity index is 332. The van der Waals surface area contributed by atoms with Crippen molar-refractivity contribution < 1.29 is 14.3 Å². The SMILES string of the molecule is CCOC(=O)C(=O)c1ccc(Br)s1. The van der Waals surface area contributed by atoms with E-state index in [2.05, 4.69) is 20.7 Å². The molecule has 0 spiro atoms. The second kappa shape index (κ2) is 4.53. The summed E-state index contributed by atoms with van der Waals surface area (Å²) in [5.41, 5.74) is 0. The van der Waals surface area contributed by atoms with E-state index < -0.39 is 11.8 Å². The van der Waals surface area contributed by atoms with Gasteiger partial charge in [-0.3, -0.25) is 4.79 Å². The molecule has 0 fully saturated rings. The van der Waals surface area contributed by atoms with Crippen molar-refractivity contribution in [3.8, 4) is 0 Å². The third-order valence-corrected chi connectivity index (χ3v) is 2.88. The lowest BCUT2D eigenvalue weighted by Gasteiger charge is -1.96. The maximum Gasteiger partial charge on any atom is 0.380 e. The fourth-order valence-electron chi connectivity index (χ4n) is 0.734. The molecule has 70 valence electrons. The van der Waals surface area contributed by atoms with Gasteiger partial charge >= 0.3 is 5.97 Å². The number of rotatable bonds is 3. The van der Waals surface area contributed by atoms with Gasteiger partial charge in [0.25, 0.3) is 5.78 Å². The molecule has 1 aromatic rings. The maximum absolute atomic E-state index is 11.3. The van der Waals surface area contributed by atoms with Gasteiger partial charge in [0.2, 0.25) is 0 Å². The molecule has 0 radical (unpaired) electrons. The van der Waals surface area contributed by atoms with Gasteiger partial charge in [0.1, 0.15) is 0 Å². The number of ketones is 1. The Morgan fingerprint density at radius 1 is 1.54 bits per heavy atom. The number of hydrogen-bond donors (Lipinski definition) is 0. The van der Waals surface area contributed by atoms with Gasteiger partial charge in [0.15, 0.2) is 0 Å². The van der Waals surface area contributed by atoms with Crippen LogP contribution in [0, 0.1) is 0 Å². The van der Waals surface area contributed by atoms with Crippen LogP contribution in [0.3, 0.4) is 0 Å². The van der Waals surface area contributed by atoms with Gasteiger partial charge in [-0.25, -0.2) is 4.79 Å². The lowest BCUT2D eigenvalue weighted by Crippen LogP contribution is -2.16. The second-order valence-electron chi connectivity index (χ2n) is 2.15. The highest BCUT2D eigenvalue weighted by molar-refractivity contribution is 9.11. The zero-order valence-corrected chi connectivity index (χ0v) is 9.28. The van der Waals surface area contributed by atoms with E-state index in [1.54, 1.807) is 19.1 Å². The van der Waals surface area contributed by atoms with E-state index in [-0.39, 0.29) is 6.61 Å². The summed E-state index contributed by atoms with van der Waals surface area (Å²) in [6.07, 6.45) is 0. The Morgan fingerprint density at radius 2 is 2.23 bits per heavy atom. The second-order valence-corrected chi connectivity index (χ2v) is 4.62. The van der Waals surface area contributed by atoms with Crippen molar-refractivity contribution in [2.45, 2.75) is 6.92 Å². The Kier molecular flexibility index (Phi) is 3.62. The van der Waals surface area contributed by atoms with Gasteiger partial charge in [0.05, 0.1) is 15.3 Å². The van der Waals surface area contributed by atoms with Gasteiger partial charge in [0, 0.05) is 0 Å². The first kappa shape index (κ1) is 10.4. The number of thiophene rings is 1. The van der Waals surface area contributed by atoms with Crippen LogP contribution >= 0.6 is 27.3 Å². The first-order valence-corrected chi connectivity index (χ1v) is 5.23. The molecule has 0 aliphatic carbocycles. The van der Waals surface area contributed by atoms with Gasteiger partial charge < -0.3 is 4.74 Å². The minimum atomic E-state index is -0.795. The zero-order chi connectivity index (χ0) is 9.84. The van der Waals surface area contributed by atoms with E-state index >= 15 is 0 Å². The number of esters is 1. The standard InChI is InChI=1S/C8H7BrO3S/c1-2-12-8(11)7(10)5-3-4-6(9)13-5/h3-4H,2H2,1H3. The molecule has 0 saturated carbocycles. The van der Waals surface area contributed by atoms with E-state index in [9.17, 15) is 9.59 Å². The van der Waals surface area contributed by atoms with Crippen LogP contribution in [-0.2, 0) is 9.53 Å². The molecule has 0 atom stereocenters. The monoisotopic (exact) mass is 262 g/mol. The average molecular weight is 263 g/mol. The molecule has 0 aliphatic rings. The minimum Gasteiger partial charge on any atom is -0.460 e. The van der Waals surface area contributed by atoms with Crippen LogP contribution < -0.4 is 0 Å². The Morgan fingerprint density at radius 3 is 2.69 bits per heavy atom. The molecular weight excluding hydrogens is 256 g/mol. The molecule has 0 aromatic carbocycles.